The van der Waals surface area contributed by atoms with Gasteiger partial charge in [-0.15, -0.1) is 0 Å². The van der Waals surface area contributed by atoms with Crippen molar-refractivity contribution in [1.82, 2.24) is 14.2 Å². The Bertz CT molecular complexity index is 1160. The minimum Gasteiger partial charge on any atom is -0.364 e. The van der Waals surface area contributed by atoms with E-state index in [1.165, 1.54) is 28.6 Å². The maximum atomic E-state index is 13.0. The first-order chi connectivity index (χ1) is 15.9. The van der Waals surface area contributed by atoms with Crippen molar-refractivity contribution in [3.8, 4) is 0 Å². The lowest BCUT2D eigenvalue weighted by atomic mass is 9.95. The molecule has 0 spiro atoms. The van der Waals surface area contributed by atoms with E-state index in [-0.39, 0.29) is 21.6 Å². The Morgan fingerprint density at radius 2 is 1.74 bits per heavy atom. The SMILES string of the molecule is CC(c1ccc(S(=O)(=O)N2CCN(CC3(c4ccnc(C(N)=O)c4)CC3)CC2)cc1)C(F)(F)F. The van der Waals surface area contributed by atoms with Crippen LogP contribution in [0.3, 0.4) is 0 Å². The highest BCUT2D eigenvalue weighted by molar-refractivity contribution is 7.89. The molecule has 1 unspecified atom stereocenters. The van der Waals surface area contributed by atoms with Gasteiger partial charge >= 0.3 is 6.18 Å². The van der Waals surface area contributed by atoms with Gasteiger partial charge in [0.15, 0.2) is 0 Å². The molecule has 1 saturated heterocycles. The number of nitrogens with two attached hydrogens (primary N) is 1. The summed E-state index contributed by atoms with van der Waals surface area (Å²) in [4.78, 5) is 17.7. The summed E-state index contributed by atoms with van der Waals surface area (Å²) in [6, 6.07) is 8.58. The fourth-order valence-electron chi connectivity index (χ4n) is 4.41. The van der Waals surface area contributed by atoms with E-state index in [4.69, 9.17) is 5.73 Å². The van der Waals surface area contributed by atoms with E-state index in [1.807, 2.05) is 6.07 Å². The van der Waals surface area contributed by atoms with Crippen LogP contribution in [0.5, 0.6) is 0 Å². The topological polar surface area (TPSA) is 96.6 Å². The standard InChI is InChI=1S/C23H27F3N4O3S/c1-16(23(24,25)26)17-2-4-19(5-3-17)34(32,33)30-12-10-29(11-13-30)15-22(7-8-22)18-6-9-28-20(14-18)21(27)31/h2-6,9,14,16H,7-8,10-13,15H2,1H3,(H2,27,31). The van der Waals surface area contributed by atoms with Crippen molar-refractivity contribution >= 4 is 15.9 Å². The van der Waals surface area contributed by atoms with Gasteiger partial charge in [-0.2, -0.15) is 17.5 Å². The lowest BCUT2D eigenvalue weighted by molar-refractivity contribution is -0.146. The number of carbonyl (C=O) groups is 1. The molecule has 2 heterocycles. The third-order valence-electron chi connectivity index (χ3n) is 6.84. The highest BCUT2D eigenvalue weighted by Crippen LogP contribution is 2.49. The van der Waals surface area contributed by atoms with Crippen molar-refractivity contribution in [1.29, 1.82) is 0 Å². The number of nitrogens with zero attached hydrogens (tertiary/aromatic N) is 3. The number of aromatic nitrogens is 1. The van der Waals surface area contributed by atoms with Crippen LogP contribution < -0.4 is 5.73 Å². The summed E-state index contributed by atoms with van der Waals surface area (Å²) in [5, 5.41) is 0. The van der Waals surface area contributed by atoms with E-state index < -0.39 is 28.0 Å². The molecule has 11 heteroatoms. The molecule has 7 nitrogen and oxygen atoms in total. The molecular weight excluding hydrogens is 469 g/mol. The van der Waals surface area contributed by atoms with Crippen LogP contribution in [0.4, 0.5) is 13.2 Å². The zero-order valence-electron chi connectivity index (χ0n) is 18.8. The Kier molecular flexibility index (Phi) is 6.47. The summed E-state index contributed by atoms with van der Waals surface area (Å²) in [5.74, 6) is -2.24. The van der Waals surface area contributed by atoms with Gasteiger partial charge in [0.1, 0.15) is 5.69 Å². The van der Waals surface area contributed by atoms with Crippen LogP contribution in [-0.4, -0.2) is 67.4 Å². The van der Waals surface area contributed by atoms with E-state index in [9.17, 15) is 26.4 Å². The lowest BCUT2D eigenvalue weighted by Crippen LogP contribution is -2.50. The Labute approximate surface area is 196 Å². The quantitative estimate of drug-likeness (QED) is 0.636. The predicted octanol–water partition coefficient (Wildman–Crippen LogP) is 2.88. The fraction of sp³-hybridized carbons (Fsp3) is 0.478. The number of hydrogen-bond acceptors (Lipinski definition) is 5. The highest BCUT2D eigenvalue weighted by Gasteiger charge is 2.46. The normalized spacial score (nSPS) is 20.1. The zero-order valence-corrected chi connectivity index (χ0v) is 19.6. The van der Waals surface area contributed by atoms with Crippen molar-refractivity contribution < 1.29 is 26.4 Å². The number of benzene rings is 1. The third-order valence-corrected chi connectivity index (χ3v) is 8.76. The van der Waals surface area contributed by atoms with Crippen molar-refractivity contribution in [3.05, 3.63) is 59.4 Å². The number of rotatable bonds is 7. The second-order valence-corrected chi connectivity index (χ2v) is 11.0. The largest absolute Gasteiger partial charge is 0.395 e. The molecular formula is C23H27F3N4O3S. The highest BCUT2D eigenvalue weighted by atomic mass is 32.2. The zero-order chi connectivity index (χ0) is 24.7. The van der Waals surface area contributed by atoms with Gasteiger partial charge in [-0.05, 0) is 55.2 Å². The van der Waals surface area contributed by atoms with Crippen LogP contribution in [0.2, 0.25) is 0 Å². The van der Waals surface area contributed by atoms with Gasteiger partial charge in [0.25, 0.3) is 5.91 Å². The summed E-state index contributed by atoms with van der Waals surface area (Å²) in [6.45, 7) is 3.46. The van der Waals surface area contributed by atoms with Crippen LogP contribution in [0.1, 0.15) is 47.3 Å². The smallest absolute Gasteiger partial charge is 0.364 e. The lowest BCUT2D eigenvalue weighted by Gasteiger charge is -2.36. The molecule has 34 heavy (non-hydrogen) atoms. The average Bonchev–Trinajstić information content (AvgIpc) is 3.59. The molecule has 2 aromatic rings. The molecule has 1 aliphatic heterocycles. The van der Waals surface area contributed by atoms with E-state index in [2.05, 4.69) is 9.88 Å². The molecule has 1 aliphatic carbocycles. The van der Waals surface area contributed by atoms with E-state index in [0.29, 0.717) is 26.2 Å². The second-order valence-electron chi connectivity index (χ2n) is 9.09. The molecule has 1 atom stereocenters. The number of pyridine rings is 1. The summed E-state index contributed by atoms with van der Waals surface area (Å²) in [7, 11) is -3.79. The number of piperazine rings is 1. The van der Waals surface area contributed by atoms with E-state index >= 15 is 0 Å². The number of sulfonamides is 1. The van der Waals surface area contributed by atoms with Crippen molar-refractivity contribution in [3.63, 3.8) is 0 Å². The van der Waals surface area contributed by atoms with Gasteiger partial charge in [-0.1, -0.05) is 12.1 Å². The number of alkyl halides is 3. The Balaban J connectivity index is 1.39. The second kappa shape index (κ2) is 8.94. The van der Waals surface area contributed by atoms with Gasteiger partial charge < -0.3 is 5.73 Å². The minimum atomic E-state index is -4.38. The number of amides is 1. The first-order valence-corrected chi connectivity index (χ1v) is 12.5. The van der Waals surface area contributed by atoms with Crippen LogP contribution in [0.15, 0.2) is 47.5 Å². The van der Waals surface area contributed by atoms with Gasteiger partial charge in [0.05, 0.1) is 10.8 Å². The van der Waals surface area contributed by atoms with Crippen molar-refractivity contribution in [2.45, 2.75) is 42.2 Å². The molecule has 1 aromatic heterocycles. The number of halogens is 3. The van der Waals surface area contributed by atoms with E-state index in [0.717, 1.165) is 31.9 Å². The molecule has 0 bridgehead atoms. The maximum Gasteiger partial charge on any atom is 0.395 e. The van der Waals surface area contributed by atoms with Gasteiger partial charge in [-0.25, -0.2) is 8.42 Å². The third kappa shape index (κ3) is 4.96. The molecule has 4 rings (SSSR count). The molecule has 1 aromatic carbocycles. The molecule has 1 saturated carbocycles. The summed E-state index contributed by atoms with van der Waals surface area (Å²) >= 11 is 0. The van der Waals surface area contributed by atoms with E-state index in [1.54, 1.807) is 12.3 Å². The maximum absolute atomic E-state index is 13.0. The molecule has 184 valence electrons. The van der Waals surface area contributed by atoms with Crippen molar-refractivity contribution in [2.24, 2.45) is 5.73 Å². The van der Waals surface area contributed by atoms with Gasteiger partial charge in [0.2, 0.25) is 10.0 Å². The average molecular weight is 497 g/mol. The fourth-order valence-corrected chi connectivity index (χ4v) is 5.83. The first kappa shape index (κ1) is 24.6. The van der Waals surface area contributed by atoms with Crippen LogP contribution in [0, 0.1) is 0 Å². The Morgan fingerprint density at radius 3 is 2.26 bits per heavy atom. The number of hydrogen-bond donors (Lipinski definition) is 1. The van der Waals surface area contributed by atoms with Crippen LogP contribution >= 0.6 is 0 Å². The van der Waals surface area contributed by atoms with Gasteiger partial charge in [0, 0.05) is 44.3 Å². The number of primary amides is 1. The summed E-state index contributed by atoms with van der Waals surface area (Å²) in [5.41, 5.74) is 6.54. The molecule has 2 fully saturated rings. The Morgan fingerprint density at radius 1 is 1.12 bits per heavy atom. The van der Waals surface area contributed by atoms with Crippen molar-refractivity contribution in [2.75, 3.05) is 32.7 Å². The number of carbonyl (C=O) groups excluding carboxylic acids is 1. The predicted molar refractivity (Wildman–Crippen MR) is 120 cm³/mol. The summed E-state index contributed by atoms with van der Waals surface area (Å²) < 4.78 is 66.2. The minimum absolute atomic E-state index is 0.00601. The first-order valence-electron chi connectivity index (χ1n) is 11.1. The van der Waals surface area contributed by atoms with Crippen LogP contribution in [-0.2, 0) is 15.4 Å². The summed E-state index contributed by atoms with van der Waals surface area (Å²) in [6.07, 6.45) is -0.860. The molecule has 1 amide bonds. The molecule has 2 N–H and O–H groups in total. The Hall–Kier alpha value is -2.50. The van der Waals surface area contributed by atoms with Crippen LogP contribution in [0.25, 0.3) is 0 Å². The molecule has 2 aliphatic rings. The monoisotopic (exact) mass is 496 g/mol. The van der Waals surface area contributed by atoms with Gasteiger partial charge in [-0.3, -0.25) is 14.7 Å². The molecule has 0 radical (unpaired) electrons.